The number of hydrogen-bond acceptors (Lipinski definition) is 4. The summed E-state index contributed by atoms with van der Waals surface area (Å²) < 4.78 is 6.60. The molecular formula is C20H23BrN2O3S. The fourth-order valence-electron chi connectivity index (χ4n) is 2.13. The quantitative estimate of drug-likeness (QED) is 0.627. The van der Waals surface area contributed by atoms with Crippen LogP contribution in [0.4, 0.5) is 5.69 Å². The van der Waals surface area contributed by atoms with Gasteiger partial charge in [-0.2, -0.15) is 0 Å². The van der Waals surface area contributed by atoms with Gasteiger partial charge in [0.1, 0.15) is 12.4 Å². The van der Waals surface area contributed by atoms with Crippen molar-refractivity contribution in [3.05, 3.63) is 58.6 Å². The minimum absolute atomic E-state index is 0.0254. The lowest BCUT2D eigenvalue weighted by molar-refractivity contribution is -0.127. The Balaban J connectivity index is 1.61. The first-order chi connectivity index (χ1) is 12.9. The monoisotopic (exact) mass is 450 g/mol. The third-order valence-corrected chi connectivity index (χ3v) is 5.17. The Morgan fingerprint density at radius 2 is 1.74 bits per heavy atom. The molecule has 0 aliphatic rings. The van der Waals surface area contributed by atoms with E-state index in [-0.39, 0.29) is 23.3 Å². The van der Waals surface area contributed by atoms with Crippen LogP contribution in [-0.4, -0.2) is 48.4 Å². The van der Waals surface area contributed by atoms with Gasteiger partial charge < -0.3 is 15.0 Å². The fourth-order valence-corrected chi connectivity index (χ4v) is 3.15. The predicted octanol–water partition coefficient (Wildman–Crippen LogP) is 3.97. The molecule has 0 heterocycles. The molecule has 0 unspecified atom stereocenters. The molecule has 2 aromatic rings. The van der Waals surface area contributed by atoms with Gasteiger partial charge in [-0.15, -0.1) is 11.8 Å². The highest BCUT2D eigenvalue weighted by Crippen LogP contribution is 2.16. The largest absolute Gasteiger partial charge is 0.492 e. The van der Waals surface area contributed by atoms with Crippen molar-refractivity contribution in [1.29, 1.82) is 0 Å². The molecule has 2 rings (SSSR count). The van der Waals surface area contributed by atoms with E-state index in [0.29, 0.717) is 13.2 Å². The van der Waals surface area contributed by atoms with E-state index in [9.17, 15) is 9.59 Å². The van der Waals surface area contributed by atoms with Crippen LogP contribution in [-0.2, 0) is 9.59 Å². The number of benzene rings is 2. The molecule has 0 saturated carbocycles. The molecule has 2 aromatic carbocycles. The lowest BCUT2D eigenvalue weighted by Crippen LogP contribution is -2.32. The minimum Gasteiger partial charge on any atom is -0.492 e. The van der Waals surface area contributed by atoms with Gasteiger partial charge in [-0.1, -0.05) is 33.6 Å². The maximum absolute atomic E-state index is 12.1. The van der Waals surface area contributed by atoms with Gasteiger partial charge >= 0.3 is 0 Å². The number of nitrogens with one attached hydrogen (secondary N) is 1. The molecule has 0 aromatic heterocycles. The number of thioether (sulfide) groups is 1. The predicted molar refractivity (Wildman–Crippen MR) is 114 cm³/mol. The first kappa shape index (κ1) is 21.3. The highest BCUT2D eigenvalue weighted by Gasteiger charge is 2.10. The number of carbonyl (C=O) groups excluding carboxylic acids is 2. The zero-order valence-electron chi connectivity index (χ0n) is 15.4. The van der Waals surface area contributed by atoms with Crippen molar-refractivity contribution in [3.8, 4) is 5.75 Å². The third kappa shape index (κ3) is 8.05. The first-order valence-corrected chi connectivity index (χ1v) is 10.5. The summed E-state index contributed by atoms with van der Waals surface area (Å²) in [5, 5.41) is 2.82. The number of anilines is 1. The average Bonchev–Trinajstić information content (AvgIpc) is 2.65. The molecule has 0 saturated heterocycles. The summed E-state index contributed by atoms with van der Waals surface area (Å²) in [5.41, 5.74) is 1.90. The second kappa shape index (κ2) is 11.0. The zero-order chi connectivity index (χ0) is 19.6. The summed E-state index contributed by atoms with van der Waals surface area (Å²) in [6.45, 7) is 2.90. The summed E-state index contributed by atoms with van der Waals surface area (Å²) >= 11 is 4.67. The van der Waals surface area contributed by atoms with Gasteiger partial charge in [0.2, 0.25) is 11.8 Å². The van der Waals surface area contributed by atoms with Gasteiger partial charge in [0.25, 0.3) is 0 Å². The van der Waals surface area contributed by atoms with Crippen LogP contribution in [0.1, 0.15) is 5.56 Å². The Hall–Kier alpha value is -1.99. The second-order valence-electron chi connectivity index (χ2n) is 6.02. The van der Waals surface area contributed by atoms with Crippen molar-refractivity contribution in [2.75, 3.05) is 37.0 Å². The van der Waals surface area contributed by atoms with Gasteiger partial charge in [0, 0.05) is 17.2 Å². The van der Waals surface area contributed by atoms with Gasteiger partial charge in [-0.25, -0.2) is 0 Å². The molecule has 1 N–H and O–H groups in total. The Bertz CT molecular complexity index is 751. The topological polar surface area (TPSA) is 58.6 Å². The summed E-state index contributed by atoms with van der Waals surface area (Å²) in [5.74, 6) is 1.13. The molecule has 5 nitrogen and oxygen atoms in total. The summed E-state index contributed by atoms with van der Waals surface area (Å²) in [7, 11) is 1.74. The normalized spacial score (nSPS) is 10.3. The Kier molecular flexibility index (Phi) is 8.67. The highest BCUT2D eigenvalue weighted by atomic mass is 79.9. The molecule has 2 amide bonds. The molecule has 7 heteroatoms. The summed E-state index contributed by atoms with van der Waals surface area (Å²) in [6, 6.07) is 15.2. The van der Waals surface area contributed by atoms with Crippen LogP contribution in [0.15, 0.2) is 53.0 Å². The molecule has 0 aliphatic carbocycles. The number of halogens is 1. The maximum atomic E-state index is 12.1. The van der Waals surface area contributed by atoms with Crippen molar-refractivity contribution in [2.45, 2.75) is 6.92 Å². The van der Waals surface area contributed by atoms with E-state index in [0.717, 1.165) is 21.5 Å². The zero-order valence-corrected chi connectivity index (χ0v) is 17.8. The Labute approximate surface area is 172 Å². The molecule has 144 valence electrons. The van der Waals surface area contributed by atoms with Gasteiger partial charge in [-0.05, 0) is 43.3 Å². The number of likely N-dealkylation sites (N-methyl/N-ethyl adjacent to an activating group) is 1. The number of amides is 2. The summed E-state index contributed by atoms with van der Waals surface area (Å²) in [6.07, 6.45) is 0. The van der Waals surface area contributed by atoms with Crippen LogP contribution in [0.5, 0.6) is 5.75 Å². The van der Waals surface area contributed by atoms with E-state index < -0.39 is 0 Å². The average molecular weight is 451 g/mol. The van der Waals surface area contributed by atoms with Gasteiger partial charge in [0.05, 0.1) is 18.1 Å². The Morgan fingerprint density at radius 1 is 1.07 bits per heavy atom. The molecule has 0 radical (unpaired) electrons. The fraction of sp³-hybridized carbons (Fsp3) is 0.300. The number of rotatable bonds is 9. The third-order valence-electron chi connectivity index (χ3n) is 3.73. The van der Waals surface area contributed by atoms with Crippen molar-refractivity contribution >= 4 is 45.2 Å². The SMILES string of the molecule is Cc1ccc(NC(=O)CSCC(=O)N(C)CCOc2ccc(Br)cc2)cc1. The highest BCUT2D eigenvalue weighted by molar-refractivity contribution is 9.10. The second-order valence-corrected chi connectivity index (χ2v) is 7.93. The van der Waals surface area contributed by atoms with E-state index in [1.54, 1.807) is 11.9 Å². The molecule has 27 heavy (non-hydrogen) atoms. The number of hydrogen-bond donors (Lipinski definition) is 1. The van der Waals surface area contributed by atoms with Crippen molar-refractivity contribution in [2.24, 2.45) is 0 Å². The van der Waals surface area contributed by atoms with Crippen LogP contribution < -0.4 is 10.1 Å². The van der Waals surface area contributed by atoms with Crippen molar-refractivity contribution < 1.29 is 14.3 Å². The lowest BCUT2D eigenvalue weighted by Gasteiger charge is -2.17. The summed E-state index contributed by atoms with van der Waals surface area (Å²) in [4.78, 5) is 25.7. The number of ether oxygens (including phenoxy) is 1. The number of nitrogens with zero attached hydrogens (tertiary/aromatic N) is 1. The van der Waals surface area contributed by atoms with Crippen LogP contribution in [0.3, 0.4) is 0 Å². The van der Waals surface area contributed by atoms with E-state index in [1.165, 1.54) is 11.8 Å². The van der Waals surface area contributed by atoms with Gasteiger partial charge in [0.15, 0.2) is 0 Å². The first-order valence-electron chi connectivity index (χ1n) is 8.50. The lowest BCUT2D eigenvalue weighted by atomic mass is 10.2. The molecule has 0 atom stereocenters. The van der Waals surface area contributed by atoms with Gasteiger partial charge in [-0.3, -0.25) is 9.59 Å². The molecule has 0 aliphatic heterocycles. The molecule has 0 spiro atoms. The minimum atomic E-state index is -0.113. The van der Waals surface area contributed by atoms with E-state index in [1.807, 2.05) is 55.5 Å². The van der Waals surface area contributed by atoms with Crippen LogP contribution in [0.2, 0.25) is 0 Å². The van der Waals surface area contributed by atoms with Crippen LogP contribution in [0.25, 0.3) is 0 Å². The standard InChI is InChI=1S/C20H23BrN2O3S/c1-15-3-7-17(8-4-15)22-19(24)13-27-14-20(25)23(2)11-12-26-18-9-5-16(21)6-10-18/h3-10H,11-14H2,1-2H3,(H,22,24). The maximum Gasteiger partial charge on any atom is 0.234 e. The van der Waals surface area contributed by atoms with Crippen molar-refractivity contribution in [3.63, 3.8) is 0 Å². The van der Waals surface area contributed by atoms with E-state index in [2.05, 4.69) is 21.2 Å². The molecule has 0 fully saturated rings. The molecular weight excluding hydrogens is 428 g/mol. The number of aryl methyl sites for hydroxylation is 1. The van der Waals surface area contributed by atoms with Crippen LogP contribution in [0, 0.1) is 6.92 Å². The van der Waals surface area contributed by atoms with E-state index in [4.69, 9.17) is 4.74 Å². The Morgan fingerprint density at radius 3 is 2.41 bits per heavy atom. The smallest absolute Gasteiger partial charge is 0.234 e. The molecule has 0 bridgehead atoms. The van der Waals surface area contributed by atoms with Crippen molar-refractivity contribution in [1.82, 2.24) is 4.90 Å². The van der Waals surface area contributed by atoms with Crippen LogP contribution >= 0.6 is 27.7 Å². The van der Waals surface area contributed by atoms with E-state index >= 15 is 0 Å². The number of carbonyl (C=O) groups is 2.